The van der Waals surface area contributed by atoms with Gasteiger partial charge in [-0.1, -0.05) is 29.8 Å². The number of hydrogen-bond acceptors (Lipinski definition) is 3. The Kier molecular flexibility index (Phi) is 7.00. The van der Waals surface area contributed by atoms with Crippen LogP contribution in [-0.2, 0) is 14.8 Å². The summed E-state index contributed by atoms with van der Waals surface area (Å²) < 4.78 is 25.6. The summed E-state index contributed by atoms with van der Waals surface area (Å²) in [5.41, 5.74) is 1.51. The Morgan fingerprint density at radius 2 is 1.74 bits per heavy atom. The Labute approximate surface area is 165 Å². The molecule has 0 aliphatic rings. The maximum Gasteiger partial charge on any atom is 0.282 e. The van der Waals surface area contributed by atoms with Gasteiger partial charge in [0.2, 0.25) is 10.0 Å². The van der Waals surface area contributed by atoms with Gasteiger partial charge in [0.1, 0.15) is 6.04 Å². The van der Waals surface area contributed by atoms with Crippen molar-refractivity contribution >= 4 is 33.2 Å². The highest BCUT2D eigenvalue weighted by atomic mass is 35.5. The smallest absolute Gasteiger partial charge is 0.282 e. The maximum absolute atomic E-state index is 12.5. The maximum atomic E-state index is 12.5. The van der Waals surface area contributed by atoms with Crippen molar-refractivity contribution in [3.05, 3.63) is 59.1 Å². The van der Waals surface area contributed by atoms with Crippen molar-refractivity contribution < 1.29 is 18.5 Å². The number of anilines is 1. The molecule has 6 nitrogen and oxygen atoms in total. The van der Waals surface area contributed by atoms with Crippen molar-refractivity contribution in [3.8, 4) is 0 Å². The third-order valence-corrected chi connectivity index (χ3v) is 6.33. The van der Waals surface area contributed by atoms with E-state index in [1.54, 1.807) is 12.1 Å². The van der Waals surface area contributed by atoms with Gasteiger partial charge in [-0.3, -0.25) is 4.79 Å². The molecule has 2 atom stereocenters. The molecular formula is C19H25ClN3O3S+. The largest absolute Gasteiger partial charge is 0.330 e. The van der Waals surface area contributed by atoms with Crippen LogP contribution in [-0.4, -0.2) is 38.8 Å². The van der Waals surface area contributed by atoms with Crippen LogP contribution in [0.25, 0.3) is 0 Å². The van der Waals surface area contributed by atoms with Gasteiger partial charge in [0.05, 0.1) is 4.90 Å². The highest BCUT2D eigenvalue weighted by molar-refractivity contribution is 7.89. The number of nitrogens with zero attached hydrogens (tertiary/aromatic N) is 1. The van der Waals surface area contributed by atoms with Crippen molar-refractivity contribution in [2.45, 2.75) is 30.8 Å². The van der Waals surface area contributed by atoms with E-state index >= 15 is 0 Å². The van der Waals surface area contributed by atoms with E-state index in [0.29, 0.717) is 10.7 Å². The lowest BCUT2D eigenvalue weighted by atomic mass is 10.1. The van der Waals surface area contributed by atoms with Crippen LogP contribution in [0.4, 0.5) is 5.69 Å². The van der Waals surface area contributed by atoms with Crippen LogP contribution < -0.4 is 10.6 Å². The first-order valence-corrected chi connectivity index (χ1v) is 10.4. The number of amides is 1. The zero-order chi connectivity index (χ0) is 20.2. The molecule has 0 unspecified atom stereocenters. The minimum absolute atomic E-state index is 0.0727. The molecule has 0 aliphatic heterocycles. The van der Waals surface area contributed by atoms with E-state index < -0.39 is 10.0 Å². The van der Waals surface area contributed by atoms with Crippen LogP contribution in [0.5, 0.6) is 0 Å². The quantitative estimate of drug-likeness (QED) is 0.734. The molecule has 8 heteroatoms. The van der Waals surface area contributed by atoms with Crippen molar-refractivity contribution in [1.82, 2.24) is 4.31 Å². The summed E-state index contributed by atoms with van der Waals surface area (Å²) in [7, 11) is -0.615. The normalized spacial score (nSPS) is 14.0. The first-order chi connectivity index (χ1) is 12.6. The first kappa shape index (κ1) is 21.4. The Balaban J connectivity index is 2.05. The molecule has 146 valence electrons. The van der Waals surface area contributed by atoms with E-state index in [4.69, 9.17) is 11.6 Å². The molecule has 2 aromatic rings. The number of carbonyl (C=O) groups excluding carboxylic acids is 1. The van der Waals surface area contributed by atoms with Crippen LogP contribution in [0.1, 0.15) is 25.5 Å². The molecule has 0 heterocycles. The summed E-state index contributed by atoms with van der Waals surface area (Å²) in [6.07, 6.45) is 0. The summed E-state index contributed by atoms with van der Waals surface area (Å²) in [4.78, 5) is 12.6. The lowest BCUT2D eigenvalue weighted by Crippen LogP contribution is -2.91. The van der Waals surface area contributed by atoms with Gasteiger partial charge in [-0.2, -0.15) is 0 Å². The van der Waals surface area contributed by atoms with Gasteiger partial charge in [-0.15, -0.1) is 0 Å². The van der Waals surface area contributed by atoms with E-state index in [0.717, 1.165) is 9.87 Å². The molecule has 0 saturated carbocycles. The molecule has 0 bridgehead atoms. The predicted octanol–water partition coefficient (Wildman–Crippen LogP) is 2.24. The van der Waals surface area contributed by atoms with Gasteiger partial charge in [0.15, 0.2) is 6.04 Å². The number of rotatable bonds is 7. The molecule has 0 aliphatic carbocycles. The van der Waals surface area contributed by atoms with E-state index in [1.807, 2.05) is 43.4 Å². The van der Waals surface area contributed by atoms with Crippen LogP contribution in [0.2, 0.25) is 5.02 Å². The number of quaternary nitrogens is 1. The Hall–Kier alpha value is -1.93. The van der Waals surface area contributed by atoms with Crippen molar-refractivity contribution in [1.29, 1.82) is 0 Å². The van der Waals surface area contributed by atoms with E-state index in [-0.39, 0.29) is 22.9 Å². The standard InChI is InChI=1S/C19H24ClN3O3S/c1-13(15-8-10-16(20)11-9-15)21-14(2)19(24)22-17-6-5-7-18(12-17)27(25,26)23(3)4/h5-14,21H,1-4H3,(H,22,24)/p+1/t13-,14+/m0/s1. The fraction of sp³-hybridized carbons (Fsp3) is 0.316. The number of halogens is 1. The van der Waals surface area contributed by atoms with Crippen molar-refractivity contribution in [2.75, 3.05) is 19.4 Å². The summed E-state index contributed by atoms with van der Waals surface area (Å²) in [5, 5.41) is 5.40. The molecule has 0 radical (unpaired) electrons. The lowest BCUT2D eigenvalue weighted by molar-refractivity contribution is -0.709. The number of nitrogens with two attached hydrogens (primary N) is 1. The minimum Gasteiger partial charge on any atom is -0.330 e. The Bertz CT molecular complexity index is 899. The molecule has 0 fully saturated rings. The van der Waals surface area contributed by atoms with Gasteiger partial charge in [0, 0.05) is 30.4 Å². The Morgan fingerprint density at radius 1 is 1.11 bits per heavy atom. The van der Waals surface area contributed by atoms with E-state index in [2.05, 4.69) is 5.32 Å². The molecule has 3 N–H and O–H groups in total. The van der Waals surface area contributed by atoms with Crippen LogP contribution in [0.15, 0.2) is 53.4 Å². The fourth-order valence-electron chi connectivity index (χ4n) is 2.60. The predicted molar refractivity (Wildman–Crippen MR) is 107 cm³/mol. The van der Waals surface area contributed by atoms with Crippen LogP contribution in [0.3, 0.4) is 0 Å². The molecule has 0 spiro atoms. The first-order valence-electron chi connectivity index (χ1n) is 8.55. The van der Waals surface area contributed by atoms with Gasteiger partial charge in [-0.25, -0.2) is 12.7 Å². The number of sulfonamides is 1. The number of carbonyl (C=O) groups is 1. The molecule has 2 rings (SSSR count). The second-order valence-electron chi connectivity index (χ2n) is 6.63. The van der Waals surface area contributed by atoms with Crippen molar-refractivity contribution in [2.24, 2.45) is 0 Å². The average molecular weight is 411 g/mol. The third-order valence-electron chi connectivity index (χ3n) is 4.27. The molecule has 1 amide bonds. The average Bonchev–Trinajstić information content (AvgIpc) is 2.62. The number of benzene rings is 2. The highest BCUT2D eigenvalue weighted by Gasteiger charge is 2.22. The van der Waals surface area contributed by atoms with Crippen LogP contribution >= 0.6 is 11.6 Å². The topological polar surface area (TPSA) is 83.1 Å². The molecule has 0 aromatic heterocycles. The lowest BCUT2D eigenvalue weighted by Gasteiger charge is -2.17. The molecule has 27 heavy (non-hydrogen) atoms. The molecular weight excluding hydrogens is 386 g/mol. The second-order valence-corrected chi connectivity index (χ2v) is 9.21. The van der Waals surface area contributed by atoms with Crippen molar-refractivity contribution in [3.63, 3.8) is 0 Å². The zero-order valence-corrected chi connectivity index (χ0v) is 17.4. The monoisotopic (exact) mass is 410 g/mol. The summed E-state index contributed by atoms with van der Waals surface area (Å²) in [5.74, 6) is -0.199. The third kappa shape index (κ3) is 5.52. The molecule has 0 saturated heterocycles. The van der Waals surface area contributed by atoms with E-state index in [1.165, 1.54) is 26.2 Å². The minimum atomic E-state index is -3.55. The van der Waals surface area contributed by atoms with Crippen LogP contribution in [0, 0.1) is 0 Å². The SMILES string of the molecule is C[C@H]([NH2+][C@H](C)C(=O)Nc1cccc(S(=O)(=O)N(C)C)c1)c1ccc(Cl)cc1. The van der Waals surface area contributed by atoms with Gasteiger partial charge in [-0.05, 0) is 44.2 Å². The summed E-state index contributed by atoms with van der Waals surface area (Å²) in [6, 6.07) is 13.5. The number of nitrogens with one attached hydrogen (secondary N) is 1. The van der Waals surface area contributed by atoms with Gasteiger partial charge < -0.3 is 10.6 Å². The summed E-state index contributed by atoms with van der Waals surface area (Å²) in [6.45, 7) is 3.82. The number of hydrogen-bond donors (Lipinski definition) is 2. The highest BCUT2D eigenvalue weighted by Crippen LogP contribution is 2.18. The Morgan fingerprint density at radius 3 is 2.33 bits per heavy atom. The van der Waals surface area contributed by atoms with E-state index in [9.17, 15) is 13.2 Å². The van der Waals surface area contributed by atoms with Gasteiger partial charge >= 0.3 is 0 Å². The molecule has 2 aromatic carbocycles. The second kappa shape index (κ2) is 8.84. The fourth-order valence-corrected chi connectivity index (χ4v) is 3.67. The summed E-state index contributed by atoms with van der Waals surface area (Å²) >= 11 is 5.91. The van der Waals surface area contributed by atoms with Gasteiger partial charge in [0.25, 0.3) is 5.91 Å². The zero-order valence-electron chi connectivity index (χ0n) is 15.8.